The van der Waals surface area contributed by atoms with Crippen molar-refractivity contribution < 1.29 is 9.18 Å². The van der Waals surface area contributed by atoms with Gasteiger partial charge in [-0.25, -0.2) is 4.39 Å². The molecule has 1 fully saturated rings. The minimum absolute atomic E-state index is 0.00400. The van der Waals surface area contributed by atoms with Crippen molar-refractivity contribution in [2.75, 3.05) is 13.1 Å². The first-order chi connectivity index (χ1) is 9.08. The number of carbonyl (C=O) groups excluding carboxylic acids is 1. The fourth-order valence-electron chi connectivity index (χ4n) is 2.60. The number of benzene rings is 1. The standard InChI is InChI=1S/C15H19ClFNO/c1-11(16)15(19)18-9-3-2-4-13(10-18)12-5-7-14(17)8-6-12/h5-8,11,13H,2-4,9-10H2,1H3. The smallest absolute Gasteiger partial charge is 0.240 e. The van der Waals surface area contributed by atoms with Crippen LogP contribution in [0.5, 0.6) is 0 Å². The molecule has 0 N–H and O–H groups in total. The molecule has 0 aromatic heterocycles. The Morgan fingerprint density at radius 1 is 1.37 bits per heavy atom. The molecule has 4 heteroatoms. The van der Waals surface area contributed by atoms with Crippen LogP contribution in [0.3, 0.4) is 0 Å². The highest BCUT2D eigenvalue weighted by Gasteiger charge is 2.25. The zero-order chi connectivity index (χ0) is 13.8. The summed E-state index contributed by atoms with van der Waals surface area (Å²) in [5.74, 6) is 0.0535. The van der Waals surface area contributed by atoms with E-state index in [4.69, 9.17) is 11.6 Å². The normalized spacial score (nSPS) is 21.8. The van der Waals surface area contributed by atoms with Crippen LogP contribution < -0.4 is 0 Å². The zero-order valence-electron chi connectivity index (χ0n) is 11.1. The van der Waals surface area contributed by atoms with Crippen LogP contribution in [0, 0.1) is 5.82 Å². The molecule has 2 nitrogen and oxygen atoms in total. The monoisotopic (exact) mass is 283 g/mol. The van der Waals surface area contributed by atoms with Crippen molar-refractivity contribution >= 4 is 17.5 Å². The van der Waals surface area contributed by atoms with Gasteiger partial charge in [-0.15, -0.1) is 11.6 Å². The van der Waals surface area contributed by atoms with Crippen LogP contribution >= 0.6 is 11.6 Å². The summed E-state index contributed by atoms with van der Waals surface area (Å²) in [6, 6.07) is 6.60. The lowest BCUT2D eigenvalue weighted by atomic mass is 9.94. The average molecular weight is 284 g/mol. The number of alkyl halides is 1. The minimum atomic E-state index is -0.480. The maximum absolute atomic E-state index is 13.0. The molecular formula is C15H19ClFNO. The van der Waals surface area contributed by atoms with Gasteiger partial charge >= 0.3 is 0 Å². The van der Waals surface area contributed by atoms with Crippen LogP contribution in [0.25, 0.3) is 0 Å². The van der Waals surface area contributed by atoms with E-state index in [1.165, 1.54) is 12.1 Å². The lowest BCUT2D eigenvalue weighted by Gasteiger charge is -2.25. The number of likely N-dealkylation sites (tertiary alicyclic amines) is 1. The molecule has 2 unspecified atom stereocenters. The summed E-state index contributed by atoms with van der Waals surface area (Å²) in [4.78, 5) is 13.9. The molecule has 1 aromatic carbocycles. The predicted molar refractivity (Wildman–Crippen MR) is 74.9 cm³/mol. The molecule has 0 aliphatic carbocycles. The van der Waals surface area contributed by atoms with E-state index in [0.29, 0.717) is 6.54 Å². The Morgan fingerprint density at radius 3 is 2.68 bits per heavy atom. The number of carbonyl (C=O) groups is 1. The highest BCUT2D eigenvalue weighted by molar-refractivity contribution is 6.30. The van der Waals surface area contributed by atoms with E-state index in [1.807, 2.05) is 17.0 Å². The Bertz CT molecular complexity index is 432. The van der Waals surface area contributed by atoms with Gasteiger partial charge in [0.05, 0.1) is 0 Å². The van der Waals surface area contributed by atoms with Crippen LogP contribution in [-0.2, 0) is 4.79 Å². The van der Waals surface area contributed by atoms with E-state index in [-0.39, 0.29) is 17.6 Å². The SMILES string of the molecule is CC(Cl)C(=O)N1CCCCC(c2ccc(F)cc2)C1. The second-order valence-corrected chi connectivity index (χ2v) is 5.80. The molecule has 0 saturated carbocycles. The summed E-state index contributed by atoms with van der Waals surface area (Å²) in [6.07, 6.45) is 3.13. The van der Waals surface area contributed by atoms with E-state index in [1.54, 1.807) is 6.92 Å². The third-order valence-corrected chi connectivity index (χ3v) is 3.85. The number of halogens is 2. The van der Waals surface area contributed by atoms with Crippen molar-refractivity contribution in [3.05, 3.63) is 35.6 Å². The maximum Gasteiger partial charge on any atom is 0.240 e. The van der Waals surface area contributed by atoms with Gasteiger partial charge in [0.25, 0.3) is 0 Å². The Kier molecular flexibility index (Phi) is 4.81. The largest absolute Gasteiger partial charge is 0.341 e. The van der Waals surface area contributed by atoms with Crippen molar-refractivity contribution in [3.8, 4) is 0 Å². The lowest BCUT2D eigenvalue weighted by Crippen LogP contribution is -2.38. The van der Waals surface area contributed by atoms with Gasteiger partial charge in [-0.2, -0.15) is 0 Å². The van der Waals surface area contributed by atoms with Crippen molar-refractivity contribution in [2.24, 2.45) is 0 Å². The number of nitrogens with zero attached hydrogens (tertiary/aromatic N) is 1. The molecule has 0 bridgehead atoms. The van der Waals surface area contributed by atoms with Crippen molar-refractivity contribution in [1.29, 1.82) is 0 Å². The zero-order valence-corrected chi connectivity index (χ0v) is 11.9. The molecule has 1 aliphatic heterocycles. The van der Waals surface area contributed by atoms with Crippen LogP contribution in [0.2, 0.25) is 0 Å². The minimum Gasteiger partial charge on any atom is -0.341 e. The number of rotatable bonds is 2. The second-order valence-electron chi connectivity index (χ2n) is 5.14. The van der Waals surface area contributed by atoms with Crippen molar-refractivity contribution in [1.82, 2.24) is 4.90 Å². The number of amides is 1. The van der Waals surface area contributed by atoms with E-state index < -0.39 is 5.38 Å². The van der Waals surface area contributed by atoms with E-state index in [0.717, 1.165) is 31.4 Å². The van der Waals surface area contributed by atoms with Gasteiger partial charge in [-0.1, -0.05) is 18.6 Å². The van der Waals surface area contributed by atoms with Gasteiger partial charge in [0, 0.05) is 19.0 Å². The molecule has 0 spiro atoms. The van der Waals surface area contributed by atoms with Crippen LogP contribution in [0.1, 0.15) is 37.7 Å². The second kappa shape index (κ2) is 6.38. The van der Waals surface area contributed by atoms with Gasteiger partial charge in [-0.05, 0) is 37.5 Å². The summed E-state index contributed by atoms with van der Waals surface area (Å²) in [6.45, 7) is 3.16. The van der Waals surface area contributed by atoms with Crippen LogP contribution in [0.15, 0.2) is 24.3 Å². The molecule has 1 heterocycles. The molecular weight excluding hydrogens is 265 g/mol. The molecule has 19 heavy (non-hydrogen) atoms. The third-order valence-electron chi connectivity index (χ3n) is 3.66. The average Bonchev–Trinajstić information content (AvgIpc) is 2.64. The molecule has 1 aliphatic rings. The third kappa shape index (κ3) is 3.69. The first kappa shape index (κ1) is 14.3. The number of hydrogen-bond donors (Lipinski definition) is 0. The summed E-state index contributed by atoms with van der Waals surface area (Å²) in [5, 5.41) is -0.480. The fraction of sp³-hybridized carbons (Fsp3) is 0.533. The summed E-state index contributed by atoms with van der Waals surface area (Å²) in [5.41, 5.74) is 1.10. The van der Waals surface area contributed by atoms with E-state index in [2.05, 4.69) is 0 Å². The first-order valence-electron chi connectivity index (χ1n) is 6.76. The molecule has 2 rings (SSSR count). The Hall–Kier alpha value is -1.09. The Balaban J connectivity index is 2.12. The van der Waals surface area contributed by atoms with E-state index >= 15 is 0 Å². The van der Waals surface area contributed by atoms with E-state index in [9.17, 15) is 9.18 Å². The first-order valence-corrected chi connectivity index (χ1v) is 7.20. The molecule has 0 radical (unpaired) electrons. The number of hydrogen-bond acceptors (Lipinski definition) is 1. The lowest BCUT2D eigenvalue weighted by molar-refractivity contribution is -0.130. The van der Waals surface area contributed by atoms with Gasteiger partial charge in [0.2, 0.25) is 5.91 Å². The van der Waals surface area contributed by atoms with Crippen molar-refractivity contribution in [3.63, 3.8) is 0 Å². The van der Waals surface area contributed by atoms with Crippen LogP contribution in [-0.4, -0.2) is 29.3 Å². The van der Waals surface area contributed by atoms with Crippen molar-refractivity contribution in [2.45, 2.75) is 37.5 Å². The Labute approximate surface area is 118 Å². The molecule has 1 amide bonds. The summed E-state index contributed by atoms with van der Waals surface area (Å²) < 4.78 is 13.0. The Morgan fingerprint density at radius 2 is 2.05 bits per heavy atom. The highest BCUT2D eigenvalue weighted by Crippen LogP contribution is 2.27. The van der Waals surface area contributed by atoms with Gasteiger partial charge in [0.1, 0.15) is 11.2 Å². The fourth-order valence-corrected chi connectivity index (χ4v) is 2.74. The summed E-state index contributed by atoms with van der Waals surface area (Å²) in [7, 11) is 0. The van der Waals surface area contributed by atoms with Crippen LogP contribution in [0.4, 0.5) is 4.39 Å². The van der Waals surface area contributed by atoms with Gasteiger partial charge in [0.15, 0.2) is 0 Å². The van der Waals surface area contributed by atoms with Gasteiger partial charge < -0.3 is 4.90 Å². The molecule has 1 saturated heterocycles. The topological polar surface area (TPSA) is 20.3 Å². The predicted octanol–water partition coefficient (Wildman–Crippen LogP) is 3.55. The quantitative estimate of drug-likeness (QED) is 0.760. The van der Waals surface area contributed by atoms with Gasteiger partial charge in [-0.3, -0.25) is 4.79 Å². The summed E-state index contributed by atoms with van der Waals surface area (Å²) >= 11 is 5.89. The molecule has 2 atom stereocenters. The molecule has 1 aromatic rings. The molecule has 104 valence electrons. The highest BCUT2D eigenvalue weighted by atomic mass is 35.5. The maximum atomic E-state index is 13.0.